The van der Waals surface area contributed by atoms with Crippen LogP contribution in [0.15, 0.2) is 0 Å². The minimum Gasteiger partial charge on any atom is -0.269 e. The monoisotopic (exact) mass is 186 g/mol. The van der Waals surface area contributed by atoms with E-state index in [2.05, 4.69) is 4.18 Å². The molecular weight excluding hydrogens is 176 g/mol. The van der Waals surface area contributed by atoms with E-state index < -0.39 is 10.1 Å². The molecule has 0 radical (unpaired) electrons. The van der Waals surface area contributed by atoms with Crippen molar-refractivity contribution in [2.75, 3.05) is 12.9 Å². The SMILES string of the molecule is CC[C@@H](Cl)COS(C)(=O)=O. The van der Waals surface area contributed by atoms with Gasteiger partial charge >= 0.3 is 0 Å². The Kier molecular flexibility index (Phi) is 4.24. The summed E-state index contributed by atoms with van der Waals surface area (Å²) in [6.45, 7) is 1.93. The molecule has 5 heteroatoms. The van der Waals surface area contributed by atoms with E-state index in [-0.39, 0.29) is 12.0 Å². The van der Waals surface area contributed by atoms with E-state index in [1.165, 1.54) is 0 Å². The molecule has 10 heavy (non-hydrogen) atoms. The highest BCUT2D eigenvalue weighted by Crippen LogP contribution is 2.02. The summed E-state index contributed by atoms with van der Waals surface area (Å²) in [6, 6.07) is 0. The number of rotatable bonds is 4. The van der Waals surface area contributed by atoms with Gasteiger partial charge in [-0.05, 0) is 6.42 Å². The van der Waals surface area contributed by atoms with Gasteiger partial charge in [-0.3, -0.25) is 4.18 Å². The zero-order chi connectivity index (χ0) is 8.20. The van der Waals surface area contributed by atoms with Gasteiger partial charge < -0.3 is 0 Å². The van der Waals surface area contributed by atoms with E-state index in [0.717, 1.165) is 6.26 Å². The van der Waals surface area contributed by atoms with Gasteiger partial charge in [0.25, 0.3) is 10.1 Å². The first kappa shape index (κ1) is 10.2. The summed E-state index contributed by atoms with van der Waals surface area (Å²) in [6.07, 6.45) is 1.71. The molecule has 0 aromatic rings. The number of halogens is 1. The zero-order valence-electron chi connectivity index (χ0n) is 6.00. The lowest BCUT2D eigenvalue weighted by Crippen LogP contribution is -2.12. The molecule has 0 amide bonds. The molecule has 1 atom stereocenters. The molecule has 0 aromatic carbocycles. The Bertz CT molecular complexity index is 175. The van der Waals surface area contributed by atoms with Crippen LogP contribution in [0.3, 0.4) is 0 Å². The van der Waals surface area contributed by atoms with Crippen LogP contribution in [0.5, 0.6) is 0 Å². The van der Waals surface area contributed by atoms with Gasteiger partial charge in [-0.15, -0.1) is 11.6 Å². The van der Waals surface area contributed by atoms with Crippen LogP contribution in [0, 0.1) is 0 Å². The third-order valence-electron chi connectivity index (χ3n) is 0.906. The van der Waals surface area contributed by atoms with Crippen LogP contribution in [-0.4, -0.2) is 26.7 Å². The van der Waals surface area contributed by atoms with E-state index in [4.69, 9.17) is 11.6 Å². The second-order valence-corrected chi connectivity index (χ2v) is 4.26. The van der Waals surface area contributed by atoms with Crippen molar-refractivity contribution < 1.29 is 12.6 Å². The van der Waals surface area contributed by atoms with Crippen molar-refractivity contribution in [2.45, 2.75) is 18.7 Å². The molecule has 0 aromatic heterocycles. The number of alkyl halides is 1. The Hall–Kier alpha value is 0.200. The van der Waals surface area contributed by atoms with Gasteiger partial charge in [-0.25, -0.2) is 0 Å². The van der Waals surface area contributed by atoms with Gasteiger partial charge in [0.05, 0.1) is 18.2 Å². The zero-order valence-corrected chi connectivity index (χ0v) is 7.57. The fourth-order valence-electron chi connectivity index (χ4n) is 0.315. The molecule has 0 unspecified atom stereocenters. The predicted octanol–water partition coefficient (Wildman–Crippen LogP) is 0.980. The van der Waals surface area contributed by atoms with E-state index in [9.17, 15) is 8.42 Å². The summed E-state index contributed by atoms with van der Waals surface area (Å²) < 4.78 is 25.2. The quantitative estimate of drug-likeness (QED) is 0.486. The van der Waals surface area contributed by atoms with Crippen molar-refractivity contribution in [1.29, 1.82) is 0 Å². The molecule has 0 bridgehead atoms. The Labute approximate surface area is 66.5 Å². The maximum Gasteiger partial charge on any atom is 0.264 e. The highest BCUT2D eigenvalue weighted by Gasteiger charge is 2.06. The van der Waals surface area contributed by atoms with Gasteiger partial charge in [-0.1, -0.05) is 6.92 Å². The highest BCUT2D eigenvalue weighted by atomic mass is 35.5. The molecule has 0 fully saturated rings. The van der Waals surface area contributed by atoms with Gasteiger partial charge in [0.2, 0.25) is 0 Å². The van der Waals surface area contributed by atoms with Crippen LogP contribution >= 0.6 is 11.6 Å². The van der Waals surface area contributed by atoms with Crippen LogP contribution in [0.2, 0.25) is 0 Å². The molecule has 0 aliphatic rings. The minimum absolute atomic E-state index is 0.0664. The molecule has 0 rings (SSSR count). The first-order valence-corrected chi connectivity index (χ1v) is 5.19. The Morgan fingerprint density at radius 2 is 2.10 bits per heavy atom. The Morgan fingerprint density at radius 1 is 1.60 bits per heavy atom. The fraction of sp³-hybridized carbons (Fsp3) is 1.00. The molecule has 3 nitrogen and oxygen atoms in total. The van der Waals surface area contributed by atoms with Gasteiger partial charge in [-0.2, -0.15) is 8.42 Å². The highest BCUT2D eigenvalue weighted by molar-refractivity contribution is 7.85. The summed E-state index contributed by atoms with van der Waals surface area (Å²) in [5.41, 5.74) is 0. The maximum atomic E-state index is 10.4. The van der Waals surface area contributed by atoms with Crippen LogP contribution in [0.1, 0.15) is 13.3 Å². The summed E-state index contributed by atoms with van der Waals surface area (Å²) >= 11 is 5.58. The summed E-state index contributed by atoms with van der Waals surface area (Å²) in [5, 5.41) is -0.213. The lowest BCUT2D eigenvalue weighted by atomic mass is 10.4. The van der Waals surface area contributed by atoms with Crippen LogP contribution < -0.4 is 0 Å². The number of hydrogen-bond donors (Lipinski definition) is 0. The molecule has 0 aliphatic carbocycles. The Balaban J connectivity index is 3.56. The molecule has 0 spiro atoms. The minimum atomic E-state index is -3.31. The van der Waals surface area contributed by atoms with Crippen molar-refractivity contribution in [3.63, 3.8) is 0 Å². The lowest BCUT2D eigenvalue weighted by molar-refractivity contribution is 0.317. The van der Waals surface area contributed by atoms with E-state index in [1.54, 1.807) is 0 Å². The van der Waals surface area contributed by atoms with Gasteiger partial charge in [0.1, 0.15) is 0 Å². The van der Waals surface area contributed by atoms with E-state index in [0.29, 0.717) is 6.42 Å². The Morgan fingerprint density at radius 3 is 2.40 bits per heavy atom. The van der Waals surface area contributed by atoms with Gasteiger partial charge in [0.15, 0.2) is 0 Å². The first-order valence-electron chi connectivity index (χ1n) is 2.94. The largest absolute Gasteiger partial charge is 0.269 e. The van der Waals surface area contributed by atoms with Crippen molar-refractivity contribution in [2.24, 2.45) is 0 Å². The maximum absolute atomic E-state index is 10.4. The molecule has 0 N–H and O–H groups in total. The topological polar surface area (TPSA) is 43.4 Å². The first-order chi connectivity index (χ1) is 4.45. The number of hydrogen-bond acceptors (Lipinski definition) is 3. The predicted molar refractivity (Wildman–Crippen MR) is 40.7 cm³/mol. The summed E-state index contributed by atoms with van der Waals surface area (Å²) in [7, 11) is -3.31. The molecular formula is C5H11ClO3S. The van der Waals surface area contributed by atoms with Crippen LogP contribution in [0.25, 0.3) is 0 Å². The van der Waals surface area contributed by atoms with Crippen LogP contribution in [0.4, 0.5) is 0 Å². The fourth-order valence-corrected chi connectivity index (χ4v) is 0.864. The van der Waals surface area contributed by atoms with E-state index in [1.807, 2.05) is 6.92 Å². The van der Waals surface area contributed by atoms with E-state index >= 15 is 0 Å². The van der Waals surface area contributed by atoms with Gasteiger partial charge in [0, 0.05) is 0 Å². The standard InChI is InChI=1S/C5H11ClO3S/c1-3-5(6)4-9-10(2,7)8/h5H,3-4H2,1-2H3/t5-/m1/s1. The third kappa shape index (κ3) is 6.32. The molecule has 0 saturated carbocycles. The summed E-state index contributed by atoms with van der Waals surface area (Å²) in [4.78, 5) is 0. The van der Waals surface area contributed by atoms with Crippen molar-refractivity contribution in [1.82, 2.24) is 0 Å². The smallest absolute Gasteiger partial charge is 0.264 e. The molecule has 62 valence electrons. The van der Waals surface area contributed by atoms with Crippen molar-refractivity contribution in [3.8, 4) is 0 Å². The molecule has 0 aliphatic heterocycles. The van der Waals surface area contributed by atoms with Crippen molar-refractivity contribution >= 4 is 21.7 Å². The third-order valence-corrected chi connectivity index (χ3v) is 1.90. The van der Waals surface area contributed by atoms with Crippen molar-refractivity contribution in [3.05, 3.63) is 0 Å². The summed E-state index contributed by atoms with van der Waals surface area (Å²) in [5.74, 6) is 0. The average Bonchev–Trinajstić information content (AvgIpc) is 1.81. The normalized spacial score (nSPS) is 15.1. The molecule has 0 heterocycles. The lowest BCUT2D eigenvalue weighted by Gasteiger charge is -2.04. The molecule has 0 saturated heterocycles. The second kappa shape index (κ2) is 4.16. The second-order valence-electron chi connectivity index (χ2n) is 1.99. The van der Waals surface area contributed by atoms with Crippen LogP contribution in [-0.2, 0) is 14.3 Å². The average molecular weight is 187 g/mol.